The Morgan fingerprint density at radius 3 is 1.77 bits per heavy atom. The van der Waals surface area contributed by atoms with Crippen LogP contribution < -0.4 is 20.3 Å². The minimum Gasteiger partial charge on any atom is -0.481 e. The molecule has 2 atom stereocenters. The van der Waals surface area contributed by atoms with Crippen LogP contribution in [0.4, 0.5) is 0 Å². The van der Waals surface area contributed by atoms with Crippen molar-refractivity contribution in [2.75, 3.05) is 0 Å². The smallest absolute Gasteiger partial charge is 0.279 e. The van der Waals surface area contributed by atoms with Crippen LogP contribution in [-0.2, 0) is 9.59 Å². The first kappa shape index (κ1) is 22.2. The average molecular weight is 421 g/mol. The molecule has 6 nitrogen and oxygen atoms in total. The molecule has 6 heteroatoms. The fourth-order valence-electron chi connectivity index (χ4n) is 3.01. The van der Waals surface area contributed by atoms with Crippen LogP contribution in [0.25, 0.3) is 10.8 Å². The van der Waals surface area contributed by atoms with E-state index >= 15 is 0 Å². The van der Waals surface area contributed by atoms with E-state index in [1.54, 1.807) is 13.8 Å². The van der Waals surface area contributed by atoms with Crippen molar-refractivity contribution in [3.05, 3.63) is 72.3 Å². The van der Waals surface area contributed by atoms with Gasteiger partial charge in [0.2, 0.25) is 0 Å². The highest BCUT2D eigenvalue weighted by Gasteiger charge is 2.19. The van der Waals surface area contributed by atoms with E-state index in [4.69, 9.17) is 9.47 Å². The second-order valence-corrected chi connectivity index (χ2v) is 7.73. The van der Waals surface area contributed by atoms with E-state index in [9.17, 15) is 9.59 Å². The Hall–Kier alpha value is -3.54. The lowest BCUT2D eigenvalue weighted by atomic mass is 10.0. The number of carbonyl (C=O) groups is 2. The molecular weight excluding hydrogens is 392 g/mol. The van der Waals surface area contributed by atoms with Gasteiger partial charge in [-0.25, -0.2) is 0 Å². The summed E-state index contributed by atoms with van der Waals surface area (Å²) in [5.41, 5.74) is 5.96. The Morgan fingerprint density at radius 2 is 1.19 bits per heavy atom. The van der Waals surface area contributed by atoms with Gasteiger partial charge in [-0.2, -0.15) is 0 Å². The number of hydrazine groups is 1. The third kappa shape index (κ3) is 5.98. The number of hydrogen-bond acceptors (Lipinski definition) is 4. The van der Waals surface area contributed by atoms with Crippen LogP contribution in [0.15, 0.2) is 66.7 Å². The normalized spacial score (nSPS) is 12.8. The summed E-state index contributed by atoms with van der Waals surface area (Å²) in [6.45, 7) is 7.46. The van der Waals surface area contributed by atoms with Gasteiger partial charge in [0.05, 0.1) is 0 Å². The summed E-state index contributed by atoms with van der Waals surface area (Å²) in [7, 11) is 0. The largest absolute Gasteiger partial charge is 0.481 e. The van der Waals surface area contributed by atoms with Gasteiger partial charge in [0.1, 0.15) is 11.5 Å². The van der Waals surface area contributed by atoms with Crippen molar-refractivity contribution < 1.29 is 19.1 Å². The molecule has 0 aliphatic heterocycles. The van der Waals surface area contributed by atoms with Gasteiger partial charge >= 0.3 is 0 Å². The monoisotopic (exact) mass is 420 g/mol. The molecule has 3 aromatic rings. The van der Waals surface area contributed by atoms with Crippen molar-refractivity contribution in [3.63, 3.8) is 0 Å². The van der Waals surface area contributed by atoms with Gasteiger partial charge in [-0.1, -0.05) is 56.3 Å². The Balaban J connectivity index is 1.48. The van der Waals surface area contributed by atoms with Crippen LogP contribution in [-0.4, -0.2) is 24.0 Å². The van der Waals surface area contributed by atoms with Crippen molar-refractivity contribution in [1.82, 2.24) is 10.9 Å². The van der Waals surface area contributed by atoms with Gasteiger partial charge in [-0.15, -0.1) is 0 Å². The number of carbonyl (C=O) groups excluding carboxylic acids is 2. The number of amides is 2. The van der Waals surface area contributed by atoms with Gasteiger partial charge in [0.15, 0.2) is 12.2 Å². The molecule has 0 aliphatic carbocycles. The Kier molecular flexibility index (Phi) is 7.13. The Labute approximate surface area is 182 Å². The quantitative estimate of drug-likeness (QED) is 0.558. The van der Waals surface area contributed by atoms with E-state index < -0.39 is 24.0 Å². The zero-order chi connectivity index (χ0) is 22.4. The molecule has 2 amide bonds. The number of ether oxygens (including phenoxy) is 2. The maximum Gasteiger partial charge on any atom is 0.279 e. The van der Waals surface area contributed by atoms with Crippen LogP contribution in [0.5, 0.6) is 11.5 Å². The molecule has 0 bridgehead atoms. The van der Waals surface area contributed by atoms with Crippen molar-refractivity contribution in [1.29, 1.82) is 0 Å². The molecule has 0 heterocycles. The lowest BCUT2D eigenvalue weighted by molar-refractivity contribution is -0.135. The van der Waals surface area contributed by atoms with E-state index in [0.29, 0.717) is 17.4 Å². The van der Waals surface area contributed by atoms with E-state index in [1.807, 2.05) is 66.7 Å². The average Bonchev–Trinajstić information content (AvgIpc) is 2.77. The van der Waals surface area contributed by atoms with Crippen LogP contribution in [0.1, 0.15) is 39.2 Å². The zero-order valence-electron chi connectivity index (χ0n) is 18.2. The van der Waals surface area contributed by atoms with E-state index in [0.717, 1.165) is 10.8 Å². The van der Waals surface area contributed by atoms with Crippen molar-refractivity contribution in [3.8, 4) is 11.5 Å². The molecule has 0 spiro atoms. The molecule has 162 valence electrons. The zero-order valence-corrected chi connectivity index (χ0v) is 18.2. The van der Waals surface area contributed by atoms with Gasteiger partial charge in [-0.3, -0.25) is 20.4 Å². The number of hydrogen-bond donors (Lipinski definition) is 2. The Morgan fingerprint density at radius 1 is 0.677 bits per heavy atom. The van der Waals surface area contributed by atoms with Crippen LogP contribution in [0, 0.1) is 0 Å². The minimum absolute atomic E-state index is 0.420. The molecule has 0 saturated carbocycles. The minimum atomic E-state index is -0.790. The van der Waals surface area contributed by atoms with Gasteiger partial charge in [0, 0.05) is 0 Å². The van der Waals surface area contributed by atoms with Crippen molar-refractivity contribution in [2.45, 2.75) is 45.8 Å². The first-order valence-corrected chi connectivity index (χ1v) is 10.4. The molecule has 0 radical (unpaired) electrons. The number of nitrogens with one attached hydrogen (secondary N) is 2. The summed E-state index contributed by atoms with van der Waals surface area (Å²) < 4.78 is 11.4. The molecule has 31 heavy (non-hydrogen) atoms. The highest BCUT2D eigenvalue weighted by atomic mass is 16.5. The van der Waals surface area contributed by atoms with Crippen LogP contribution >= 0.6 is 0 Å². The standard InChI is InChI=1S/C25H28N2O4/c1-16(2)19-9-12-22(13-10-19)30-17(3)24(28)26-27-25(29)18(4)31-23-14-11-20-7-5-6-8-21(20)15-23/h5-18H,1-4H3,(H,26,28)(H,27,29)/t17-,18+/m0/s1. The van der Waals surface area contributed by atoms with Crippen molar-refractivity contribution >= 4 is 22.6 Å². The molecular formula is C25H28N2O4. The Bertz CT molecular complexity index is 1050. The van der Waals surface area contributed by atoms with Crippen LogP contribution in [0.2, 0.25) is 0 Å². The van der Waals surface area contributed by atoms with Gasteiger partial charge in [-0.05, 0) is 60.4 Å². The number of rotatable bonds is 7. The van der Waals surface area contributed by atoms with E-state index in [1.165, 1.54) is 5.56 Å². The molecule has 0 aromatic heterocycles. The summed E-state index contributed by atoms with van der Waals surface area (Å²) >= 11 is 0. The van der Waals surface area contributed by atoms with Gasteiger partial charge in [0.25, 0.3) is 11.8 Å². The third-order valence-electron chi connectivity index (χ3n) is 4.94. The molecule has 3 rings (SSSR count). The second-order valence-electron chi connectivity index (χ2n) is 7.73. The lowest BCUT2D eigenvalue weighted by Gasteiger charge is -2.18. The summed E-state index contributed by atoms with van der Waals surface area (Å²) in [4.78, 5) is 24.6. The lowest BCUT2D eigenvalue weighted by Crippen LogP contribution is -2.50. The molecule has 3 aromatic carbocycles. The van der Waals surface area contributed by atoms with Gasteiger partial charge < -0.3 is 9.47 Å². The summed E-state index contributed by atoms with van der Waals surface area (Å²) in [5.74, 6) is 0.665. The number of fused-ring (bicyclic) bond motifs is 1. The third-order valence-corrected chi connectivity index (χ3v) is 4.94. The second kappa shape index (κ2) is 9.98. The van der Waals surface area contributed by atoms with E-state index in [-0.39, 0.29) is 0 Å². The molecule has 0 saturated heterocycles. The summed E-state index contributed by atoms with van der Waals surface area (Å²) in [5, 5.41) is 2.11. The fraction of sp³-hybridized carbons (Fsp3) is 0.280. The fourth-order valence-corrected chi connectivity index (χ4v) is 3.01. The maximum atomic E-state index is 12.3. The topological polar surface area (TPSA) is 76.7 Å². The number of benzene rings is 3. The predicted molar refractivity (Wildman–Crippen MR) is 121 cm³/mol. The first-order chi connectivity index (χ1) is 14.8. The SMILES string of the molecule is CC(C)c1ccc(O[C@@H](C)C(=O)NNC(=O)[C@@H](C)Oc2ccc3ccccc3c2)cc1. The molecule has 0 fully saturated rings. The summed E-state index contributed by atoms with van der Waals surface area (Å²) in [6.07, 6.45) is -1.57. The van der Waals surface area contributed by atoms with Crippen LogP contribution in [0.3, 0.4) is 0 Å². The van der Waals surface area contributed by atoms with Crippen molar-refractivity contribution in [2.24, 2.45) is 0 Å². The maximum absolute atomic E-state index is 12.3. The molecule has 2 N–H and O–H groups in total. The highest BCUT2D eigenvalue weighted by molar-refractivity contribution is 5.87. The molecule has 0 aliphatic rings. The predicted octanol–water partition coefficient (Wildman–Crippen LogP) is 4.35. The van der Waals surface area contributed by atoms with E-state index in [2.05, 4.69) is 24.7 Å². The highest BCUT2D eigenvalue weighted by Crippen LogP contribution is 2.21. The summed E-state index contributed by atoms with van der Waals surface area (Å²) in [6, 6.07) is 21.1. The molecule has 0 unspecified atom stereocenters. The first-order valence-electron chi connectivity index (χ1n) is 10.4.